The minimum absolute atomic E-state index is 0.115. The SMILES string of the molecule is Cc1cc(=O)c(OCC(O)CN2CCOCC2)c(C)[nH]1. The van der Waals surface area contributed by atoms with E-state index in [1.807, 2.05) is 6.92 Å². The lowest BCUT2D eigenvalue weighted by Gasteiger charge is -2.28. The van der Waals surface area contributed by atoms with E-state index in [0.717, 1.165) is 18.8 Å². The summed E-state index contributed by atoms with van der Waals surface area (Å²) in [7, 11) is 0. The molecule has 1 unspecified atom stereocenters. The Morgan fingerprint density at radius 3 is 2.80 bits per heavy atom. The van der Waals surface area contributed by atoms with Gasteiger partial charge < -0.3 is 19.6 Å². The summed E-state index contributed by atoms with van der Waals surface area (Å²) in [6.07, 6.45) is -0.617. The van der Waals surface area contributed by atoms with Gasteiger partial charge in [-0.25, -0.2) is 0 Å². The highest BCUT2D eigenvalue weighted by Crippen LogP contribution is 2.10. The molecule has 6 nitrogen and oxygen atoms in total. The number of morpholine rings is 1. The molecule has 1 atom stereocenters. The Balaban J connectivity index is 1.86. The average molecular weight is 282 g/mol. The van der Waals surface area contributed by atoms with Gasteiger partial charge >= 0.3 is 0 Å². The predicted octanol–water partition coefficient (Wildman–Crippen LogP) is 0.0636. The number of aromatic nitrogens is 1. The van der Waals surface area contributed by atoms with Crippen LogP contribution in [0.2, 0.25) is 0 Å². The van der Waals surface area contributed by atoms with Crippen LogP contribution >= 0.6 is 0 Å². The van der Waals surface area contributed by atoms with Crippen molar-refractivity contribution in [2.75, 3.05) is 39.5 Å². The summed E-state index contributed by atoms with van der Waals surface area (Å²) in [4.78, 5) is 17.0. The van der Waals surface area contributed by atoms with Gasteiger partial charge in [0.05, 0.1) is 18.9 Å². The lowest BCUT2D eigenvalue weighted by Crippen LogP contribution is -2.42. The topological polar surface area (TPSA) is 74.8 Å². The molecule has 0 radical (unpaired) electrons. The number of aliphatic hydroxyl groups excluding tert-OH is 1. The van der Waals surface area contributed by atoms with Gasteiger partial charge in [-0.2, -0.15) is 0 Å². The highest BCUT2D eigenvalue weighted by molar-refractivity contribution is 5.28. The van der Waals surface area contributed by atoms with Crippen LogP contribution in [0.1, 0.15) is 11.4 Å². The number of aliphatic hydroxyl groups is 1. The van der Waals surface area contributed by atoms with Crippen LogP contribution in [-0.4, -0.2) is 60.5 Å². The highest BCUT2D eigenvalue weighted by atomic mass is 16.5. The van der Waals surface area contributed by atoms with E-state index in [1.54, 1.807) is 6.92 Å². The Hall–Kier alpha value is -1.37. The summed E-state index contributed by atoms with van der Waals surface area (Å²) in [5, 5.41) is 9.98. The van der Waals surface area contributed by atoms with Crippen LogP contribution in [-0.2, 0) is 4.74 Å². The van der Waals surface area contributed by atoms with E-state index in [0.29, 0.717) is 25.5 Å². The van der Waals surface area contributed by atoms with Crippen molar-refractivity contribution >= 4 is 0 Å². The fourth-order valence-corrected chi connectivity index (χ4v) is 2.33. The third kappa shape index (κ3) is 4.06. The molecule has 2 N–H and O–H groups in total. The van der Waals surface area contributed by atoms with Crippen LogP contribution < -0.4 is 10.2 Å². The number of hydrogen-bond acceptors (Lipinski definition) is 5. The second kappa shape index (κ2) is 6.88. The Kier molecular flexibility index (Phi) is 5.17. The van der Waals surface area contributed by atoms with Crippen molar-refractivity contribution in [3.05, 3.63) is 27.7 Å². The summed E-state index contributed by atoms with van der Waals surface area (Å²) < 4.78 is 10.7. The van der Waals surface area contributed by atoms with Crippen LogP contribution in [0.5, 0.6) is 5.75 Å². The Morgan fingerprint density at radius 2 is 2.15 bits per heavy atom. The molecular formula is C14H22N2O4. The minimum Gasteiger partial charge on any atom is -0.485 e. The molecule has 2 rings (SSSR count). The second-order valence-electron chi connectivity index (χ2n) is 5.15. The largest absolute Gasteiger partial charge is 0.485 e. The Morgan fingerprint density at radius 1 is 1.45 bits per heavy atom. The van der Waals surface area contributed by atoms with E-state index in [4.69, 9.17) is 9.47 Å². The lowest BCUT2D eigenvalue weighted by atomic mass is 10.3. The number of H-pyrrole nitrogens is 1. The monoisotopic (exact) mass is 282 g/mol. The summed E-state index contributed by atoms with van der Waals surface area (Å²) >= 11 is 0. The predicted molar refractivity (Wildman–Crippen MR) is 75.3 cm³/mol. The van der Waals surface area contributed by atoms with Crippen molar-refractivity contribution in [2.45, 2.75) is 20.0 Å². The zero-order valence-corrected chi connectivity index (χ0v) is 12.0. The molecule has 6 heteroatoms. The molecule has 0 aliphatic carbocycles. The molecule has 0 spiro atoms. The number of aryl methyl sites for hydroxylation is 2. The number of aromatic amines is 1. The summed E-state index contributed by atoms with van der Waals surface area (Å²) in [6, 6.07) is 1.50. The molecule has 1 aliphatic rings. The molecule has 1 aromatic rings. The molecule has 1 aliphatic heterocycles. The minimum atomic E-state index is -0.617. The highest BCUT2D eigenvalue weighted by Gasteiger charge is 2.16. The van der Waals surface area contributed by atoms with E-state index in [9.17, 15) is 9.90 Å². The molecular weight excluding hydrogens is 260 g/mol. The van der Waals surface area contributed by atoms with Crippen molar-refractivity contribution in [3.63, 3.8) is 0 Å². The van der Waals surface area contributed by atoms with Gasteiger partial charge in [-0.05, 0) is 13.8 Å². The van der Waals surface area contributed by atoms with Gasteiger partial charge in [-0.3, -0.25) is 9.69 Å². The summed E-state index contributed by atoms with van der Waals surface area (Å²) in [6.45, 7) is 7.30. The van der Waals surface area contributed by atoms with E-state index in [2.05, 4.69) is 9.88 Å². The normalized spacial score (nSPS) is 17.9. The van der Waals surface area contributed by atoms with E-state index < -0.39 is 6.10 Å². The van der Waals surface area contributed by atoms with Gasteiger partial charge in [0.25, 0.3) is 0 Å². The maximum Gasteiger partial charge on any atom is 0.223 e. The number of hydrogen-bond donors (Lipinski definition) is 2. The number of pyridine rings is 1. The molecule has 0 bridgehead atoms. The van der Waals surface area contributed by atoms with Gasteiger partial charge in [0.1, 0.15) is 12.7 Å². The first-order valence-electron chi connectivity index (χ1n) is 6.88. The Bertz CT molecular complexity index is 494. The first kappa shape index (κ1) is 15.0. The standard InChI is InChI=1S/C14H22N2O4/c1-10-7-13(18)14(11(2)15-10)20-9-12(17)8-16-3-5-19-6-4-16/h7,12,17H,3-6,8-9H2,1-2H3,(H,15,18). The second-order valence-corrected chi connectivity index (χ2v) is 5.15. The van der Waals surface area contributed by atoms with E-state index in [1.165, 1.54) is 6.07 Å². The maximum absolute atomic E-state index is 11.8. The molecule has 1 fully saturated rings. The summed E-state index contributed by atoms with van der Waals surface area (Å²) in [5.74, 6) is 0.289. The Labute approximate surface area is 118 Å². The van der Waals surface area contributed by atoms with Crippen molar-refractivity contribution in [2.24, 2.45) is 0 Å². The molecule has 20 heavy (non-hydrogen) atoms. The fraction of sp³-hybridized carbons (Fsp3) is 0.643. The van der Waals surface area contributed by atoms with Crippen LogP contribution in [0.3, 0.4) is 0 Å². The van der Waals surface area contributed by atoms with Gasteiger partial charge in [0.2, 0.25) is 5.43 Å². The van der Waals surface area contributed by atoms with Crippen molar-refractivity contribution in [1.29, 1.82) is 0 Å². The number of β-amino-alcohol motifs (C(OH)–C–C–N with tert-alkyl or cyclic N) is 1. The number of rotatable bonds is 5. The number of nitrogens with one attached hydrogen (secondary N) is 1. The van der Waals surface area contributed by atoms with Gasteiger partial charge in [0, 0.05) is 31.4 Å². The van der Waals surface area contributed by atoms with Crippen LogP contribution in [0.25, 0.3) is 0 Å². The van der Waals surface area contributed by atoms with E-state index in [-0.39, 0.29) is 17.8 Å². The van der Waals surface area contributed by atoms with Gasteiger partial charge in [0.15, 0.2) is 5.75 Å². The van der Waals surface area contributed by atoms with Crippen LogP contribution in [0.15, 0.2) is 10.9 Å². The number of nitrogens with zero attached hydrogens (tertiary/aromatic N) is 1. The summed E-state index contributed by atoms with van der Waals surface area (Å²) in [5.41, 5.74) is 1.33. The third-order valence-corrected chi connectivity index (χ3v) is 3.29. The molecule has 1 aromatic heterocycles. The third-order valence-electron chi connectivity index (χ3n) is 3.29. The first-order valence-corrected chi connectivity index (χ1v) is 6.88. The average Bonchev–Trinajstić information content (AvgIpc) is 2.38. The first-order chi connectivity index (χ1) is 9.56. The smallest absolute Gasteiger partial charge is 0.223 e. The molecule has 0 amide bonds. The lowest BCUT2D eigenvalue weighted by molar-refractivity contribution is 0.00447. The molecule has 1 saturated heterocycles. The zero-order chi connectivity index (χ0) is 14.5. The fourth-order valence-electron chi connectivity index (χ4n) is 2.33. The van der Waals surface area contributed by atoms with Crippen LogP contribution in [0.4, 0.5) is 0 Å². The quantitative estimate of drug-likeness (QED) is 0.799. The molecule has 0 saturated carbocycles. The molecule has 0 aromatic carbocycles. The van der Waals surface area contributed by atoms with Crippen LogP contribution in [0, 0.1) is 13.8 Å². The number of ether oxygens (including phenoxy) is 2. The molecule has 112 valence electrons. The zero-order valence-electron chi connectivity index (χ0n) is 12.0. The van der Waals surface area contributed by atoms with Crippen molar-refractivity contribution in [3.8, 4) is 5.75 Å². The van der Waals surface area contributed by atoms with Gasteiger partial charge in [-0.15, -0.1) is 0 Å². The maximum atomic E-state index is 11.8. The molecule has 2 heterocycles. The van der Waals surface area contributed by atoms with Crippen molar-refractivity contribution in [1.82, 2.24) is 9.88 Å². The van der Waals surface area contributed by atoms with Crippen molar-refractivity contribution < 1.29 is 14.6 Å². The van der Waals surface area contributed by atoms with E-state index >= 15 is 0 Å². The van der Waals surface area contributed by atoms with Gasteiger partial charge in [-0.1, -0.05) is 0 Å².